The normalized spacial score (nSPS) is 24.6. The summed E-state index contributed by atoms with van der Waals surface area (Å²) in [5.41, 5.74) is 6.76. The maximum absolute atomic E-state index is 9.97. The fourth-order valence-corrected chi connectivity index (χ4v) is 4.19. The Morgan fingerprint density at radius 1 is 1.27 bits per heavy atom. The average molecular weight is 344 g/mol. The van der Waals surface area contributed by atoms with Crippen molar-refractivity contribution in [2.45, 2.75) is 19.3 Å². The number of hydrogen-bond donors (Lipinski definition) is 1. The SMILES string of the molecule is CCCN1CC=C2C(C#N)=C(N)C(C#N)(C#N)C(c3ccncc3)C2C1. The predicted molar refractivity (Wildman–Crippen MR) is 95.8 cm³/mol. The van der Waals surface area contributed by atoms with Gasteiger partial charge in [-0.25, -0.2) is 0 Å². The Labute approximate surface area is 153 Å². The molecule has 1 aliphatic heterocycles. The Morgan fingerprint density at radius 3 is 2.54 bits per heavy atom. The van der Waals surface area contributed by atoms with E-state index in [9.17, 15) is 15.8 Å². The monoisotopic (exact) mass is 344 g/mol. The molecule has 0 radical (unpaired) electrons. The number of nitrogens with two attached hydrogens (primary N) is 1. The highest BCUT2D eigenvalue weighted by molar-refractivity contribution is 5.59. The van der Waals surface area contributed by atoms with Crippen molar-refractivity contribution in [2.75, 3.05) is 19.6 Å². The van der Waals surface area contributed by atoms with Crippen molar-refractivity contribution in [3.8, 4) is 18.2 Å². The van der Waals surface area contributed by atoms with Crippen LogP contribution in [0.1, 0.15) is 24.8 Å². The van der Waals surface area contributed by atoms with Crippen LogP contribution in [0, 0.1) is 45.3 Å². The molecule has 0 aromatic carbocycles. The topological polar surface area (TPSA) is 114 Å². The van der Waals surface area contributed by atoms with Crippen LogP contribution in [0.5, 0.6) is 0 Å². The van der Waals surface area contributed by atoms with Gasteiger partial charge in [-0.1, -0.05) is 13.0 Å². The fourth-order valence-electron chi connectivity index (χ4n) is 4.19. The second-order valence-corrected chi connectivity index (χ2v) is 6.72. The first-order valence-corrected chi connectivity index (χ1v) is 8.68. The van der Waals surface area contributed by atoms with Crippen molar-refractivity contribution in [2.24, 2.45) is 17.1 Å². The van der Waals surface area contributed by atoms with Crippen LogP contribution in [0.15, 0.2) is 47.4 Å². The van der Waals surface area contributed by atoms with Gasteiger partial charge in [0.25, 0.3) is 0 Å². The van der Waals surface area contributed by atoms with E-state index in [-0.39, 0.29) is 11.6 Å². The number of allylic oxidation sites excluding steroid dienone is 2. The maximum Gasteiger partial charge on any atom is 0.191 e. The summed E-state index contributed by atoms with van der Waals surface area (Å²) in [5.74, 6) is -0.581. The number of aromatic nitrogens is 1. The molecule has 26 heavy (non-hydrogen) atoms. The van der Waals surface area contributed by atoms with Gasteiger partial charge in [0.1, 0.15) is 6.07 Å². The molecule has 2 unspecified atom stereocenters. The van der Waals surface area contributed by atoms with Gasteiger partial charge in [0, 0.05) is 37.3 Å². The van der Waals surface area contributed by atoms with Crippen LogP contribution in [0.2, 0.25) is 0 Å². The summed E-state index contributed by atoms with van der Waals surface area (Å²) in [7, 11) is 0. The lowest BCUT2D eigenvalue weighted by Crippen LogP contribution is -2.48. The Bertz CT molecular complexity index is 864. The molecule has 1 aromatic rings. The summed E-state index contributed by atoms with van der Waals surface area (Å²) in [6.07, 6.45) is 6.36. The van der Waals surface area contributed by atoms with E-state index in [1.54, 1.807) is 12.4 Å². The molecule has 3 rings (SSSR count). The van der Waals surface area contributed by atoms with Crippen LogP contribution in [0.3, 0.4) is 0 Å². The first-order chi connectivity index (χ1) is 12.6. The van der Waals surface area contributed by atoms with Gasteiger partial charge in [0.15, 0.2) is 5.41 Å². The summed E-state index contributed by atoms with van der Waals surface area (Å²) in [6.45, 7) is 4.48. The molecule has 0 fully saturated rings. The molecule has 0 amide bonds. The Balaban J connectivity index is 2.26. The summed E-state index contributed by atoms with van der Waals surface area (Å²) >= 11 is 0. The van der Waals surface area contributed by atoms with Gasteiger partial charge in [0.2, 0.25) is 0 Å². The molecule has 2 heterocycles. The Hall–Kier alpha value is -3.14. The Kier molecular flexibility index (Phi) is 4.76. The van der Waals surface area contributed by atoms with Gasteiger partial charge in [-0.05, 0) is 36.2 Å². The number of fused-ring (bicyclic) bond motifs is 1. The minimum absolute atomic E-state index is 0.0678. The zero-order chi connectivity index (χ0) is 18.7. The van der Waals surface area contributed by atoms with Crippen LogP contribution in [0.25, 0.3) is 0 Å². The van der Waals surface area contributed by atoms with Crippen LogP contribution < -0.4 is 5.73 Å². The number of hydrogen-bond acceptors (Lipinski definition) is 6. The Morgan fingerprint density at radius 2 is 1.96 bits per heavy atom. The molecular weight excluding hydrogens is 324 g/mol. The van der Waals surface area contributed by atoms with E-state index in [4.69, 9.17) is 5.73 Å². The van der Waals surface area contributed by atoms with E-state index in [1.165, 1.54) is 0 Å². The molecule has 130 valence electrons. The maximum atomic E-state index is 9.97. The van der Waals surface area contributed by atoms with Gasteiger partial charge in [-0.15, -0.1) is 0 Å². The lowest BCUT2D eigenvalue weighted by molar-refractivity contribution is 0.207. The summed E-state index contributed by atoms with van der Waals surface area (Å²) in [5, 5.41) is 29.6. The molecule has 6 nitrogen and oxygen atoms in total. The van der Waals surface area contributed by atoms with Crippen LogP contribution in [-0.4, -0.2) is 29.5 Å². The third-order valence-electron chi connectivity index (χ3n) is 5.35. The van der Waals surface area contributed by atoms with Crippen molar-refractivity contribution in [3.63, 3.8) is 0 Å². The van der Waals surface area contributed by atoms with E-state index < -0.39 is 11.3 Å². The smallest absolute Gasteiger partial charge is 0.191 e. The number of pyridine rings is 1. The number of nitriles is 3. The molecule has 0 saturated heterocycles. The van der Waals surface area contributed by atoms with Gasteiger partial charge >= 0.3 is 0 Å². The minimum Gasteiger partial charge on any atom is -0.399 e. The largest absolute Gasteiger partial charge is 0.399 e. The van der Waals surface area contributed by atoms with Crippen LogP contribution in [-0.2, 0) is 0 Å². The lowest BCUT2D eigenvalue weighted by atomic mass is 9.58. The standard InChI is InChI=1S/C20H20N6/c1-2-8-26-9-5-15-16(10-21)19(24)20(12-22,13-23)18(17(15)11-26)14-3-6-25-7-4-14/h3-7,17-18H,2,8-9,11,24H2,1H3. The van der Waals surface area contributed by atoms with Gasteiger partial charge in [0.05, 0.1) is 23.4 Å². The fraction of sp³-hybridized carbons (Fsp3) is 0.400. The number of nitrogens with zero attached hydrogens (tertiary/aromatic N) is 5. The van der Waals surface area contributed by atoms with E-state index in [0.717, 1.165) is 30.6 Å². The van der Waals surface area contributed by atoms with Crippen molar-refractivity contribution in [3.05, 3.63) is 53.0 Å². The van der Waals surface area contributed by atoms with Crippen LogP contribution >= 0.6 is 0 Å². The van der Waals surface area contributed by atoms with Crippen molar-refractivity contribution in [1.82, 2.24) is 9.88 Å². The molecule has 0 bridgehead atoms. The summed E-state index contributed by atoms with van der Waals surface area (Å²) < 4.78 is 0. The van der Waals surface area contributed by atoms with Crippen LogP contribution in [0.4, 0.5) is 0 Å². The molecule has 2 N–H and O–H groups in total. The highest BCUT2D eigenvalue weighted by Crippen LogP contribution is 2.53. The molecule has 0 spiro atoms. The first-order valence-electron chi connectivity index (χ1n) is 8.68. The highest BCUT2D eigenvalue weighted by atomic mass is 15.1. The molecule has 0 saturated carbocycles. The predicted octanol–water partition coefficient (Wildman–Crippen LogP) is 2.22. The molecule has 6 heteroatoms. The molecule has 2 atom stereocenters. The zero-order valence-corrected chi connectivity index (χ0v) is 14.7. The average Bonchev–Trinajstić information content (AvgIpc) is 2.68. The van der Waals surface area contributed by atoms with E-state index in [2.05, 4.69) is 35.0 Å². The van der Waals surface area contributed by atoms with Gasteiger partial charge in [-0.2, -0.15) is 15.8 Å². The first kappa shape index (κ1) is 17.7. The molecule has 1 aromatic heterocycles. The molecule has 1 aliphatic carbocycles. The molecular formula is C20H20N6. The molecule has 2 aliphatic rings. The second-order valence-electron chi connectivity index (χ2n) is 6.72. The lowest BCUT2D eigenvalue weighted by Gasteiger charge is -2.45. The number of rotatable bonds is 3. The quantitative estimate of drug-likeness (QED) is 0.899. The second kappa shape index (κ2) is 7.00. The van der Waals surface area contributed by atoms with E-state index in [1.807, 2.05) is 18.2 Å². The zero-order valence-electron chi connectivity index (χ0n) is 14.7. The van der Waals surface area contributed by atoms with E-state index in [0.29, 0.717) is 12.1 Å². The summed E-state index contributed by atoms with van der Waals surface area (Å²) in [6, 6.07) is 10.1. The summed E-state index contributed by atoms with van der Waals surface area (Å²) in [4.78, 5) is 6.34. The van der Waals surface area contributed by atoms with E-state index >= 15 is 0 Å². The van der Waals surface area contributed by atoms with Crippen molar-refractivity contribution < 1.29 is 0 Å². The van der Waals surface area contributed by atoms with Gasteiger partial charge < -0.3 is 5.73 Å². The van der Waals surface area contributed by atoms with Crippen molar-refractivity contribution in [1.29, 1.82) is 15.8 Å². The van der Waals surface area contributed by atoms with Gasteiger partial charge in [-0.3, -0.25) is 9.88 Å². The highest BCUT2D eigenvalue weighted by Gasteiger charge is 2.54. The van der Waals surface area contributed by atoms with Crippen molar-refractivity contribution >= 4 is 0 Å². The minimum atomic E-state index is -1.57. The third-order valence-corrected chi connectivity index (χ3v) is 5.35. The third kappa shape index (κ3) is 2.54.